The summed E-state index contributed by atoms with van der Waals surface area (Å²) in [5.41, 5.74) is 2.09. The molecule has 0 aromatic heterocycles. The number of nitrogens with zero attached hydrogens (tertiary/aromatic N) is 2. The summed E-state index contributed by atoms with van der Waals surface area (Å²) in [6.45, 7) is 5.52. The van der Waals surface area contributed by atoms with E-state index in [1.807, 2.05) is 12.1 Å². The van der Waals surface area contributed by atoms with E-state index in [0.29, 0.717) is 35.9 Å². The van der Waals surface area contributed by atoms with Gasteiger partial charge in [0.2, 0.25) is 5.91 Å². The fraction of sp³-hybridized carbons (Fsp3) is 0.692. The third kappa shape index (κ3) is 4.30. The van der Waals surface area contributed by atoms with Crippen LogP contribution >= 0.6 is 11.6 Å². The van der Waals surface area contributed by atoms with Gasteiger partial charge in [-0.2, -0.15) is 0 Å². The number of amides is 1. The third-order valence-corrected chi connectivity index (χ3v) is 8.88. The lowest BCUT2D eigenvalue weighted by Crippen LogP contribution is -2.54. The van der Waals surface area contributed by atoms with E-state index in [4.69, 9.17) is 11.6 Å². The first-order chi connectivity index (χ1) is 15.0. The van der Waals surface area contributed by atoms with Crippen molar-refractivity contribution in [2.24, 2.45) is 23.7 Å². The summed E-state index contributed by atoms with van der Waals surface area (Å²) < 4.78 is 0. The Balaban J connectivity index is 1.18. The van der Waals surface area contributed by atoms with E-state index < -0.39 is 0 Å². The zero-order valence-corrected chi connectivity index (χ0v) is 19.4. The number of benzene rings is 1. The highest BCUT2D eigenvalue weighted by atomic mass is 35.5. The van der Waals surface area contributed by atoms with Crippen LogP contribution in [-0.4, -0.2) is 47.2 Å². The number of piperazine rings is 1. The molecule has 5 heteroatoms. The van der Waals surface area contributed by atoms with Crippen LogP contribution in [0.3, 0.4) is 0 Å². The van der Waals surface area contributed by atoms with E-state index in [-0.39, 0.29) is 12.0 Å². The molecule has 4 aliphatic rings. The summed E-state index contributed by atoms with van der Waals surface area (Å²) in [5.74, 6) is 2.65. The van der Waals surface area contributed by atoms with Crippen LogP contribution in [0.4, 0.5) is 0 Å². The summed E-state index contributed by atoms with van der Waals surface area (Å²) in [6, 6.07) is 6.38. The van der Waals surface area contributed by atoms with Gasteiger partial charge in [0, 0.05) is 55.5 Å². The van der Waals surface area contributed by atoms with E-state index >= 15 is 0 Å². The SMILES string of the molecule is C[C@H]1CN(Cc2cccc(CC(=O)C3C4CCCC43)c2Cl)CCN1C(=O)C1CCCC1. The number of halogens is 1. The minimum Gasteiger partial charge on any atom is -0.337 e. The fourth-order valence-corrected chi connectivity index (χ4v) is 6.90. The zero-order chi connectivity index (χ0) is 21.5. The van der Waals surface area contributed by atoms with Crippen LogP contribution in [0.15, 0.2) is 18.2 Å². The Hall–Kier alpha value is -1.39. The summed E-state index contributed by atoms with van der Waals surface area (Å²) in [4.78, 5) is 30.2. The van der Waals surface area contributed by atoms with Gasteiger partial charge in [-0.15, -0.1) is 0 Å². The lowest BCUT2D eigenvalue weighted by Gasteiger charge is -2.41. The number of rotatable bonds is 6. The first-order valence-corrected chi connectivity index (χ1v) is 12.7. The summed E-state index contributed by atoms with van der Waals surface area (Å²) in [6.07, 6.45) is 8.78. The normalized spacial score (nSPS) is 31.1. The number of ketones is 1. The number of hydrogen-bond acceptors (Lipinski definition) is 3. The second kappa shape index (κ2) is 8.86. The number of carbonyl (C=O) groups excluding carboxylic acids is 2. The predicted octanol–water partition coefficient (Wildman–Crippen LogP) is 4.72. The molecule has 168 valence electrons. The van der Waals surface area contributed by atoms with Crippen LogP contribution in [0.1, 0.15) is 63.0 Å². The second-order valence-electron chi connectivity index (χ2n) is 10.4. The number of hydrogen-bond donors (Lipinski definition) is 0. The molecule has 5 rings (SSSR count). The average molecular weight is 443 g/mol. The van der Waals surface area contributed by atoms with Crippen molar-refractivity contribution < 1.29 is 9.59 Å². The van der Waals surface area contributed by atoms with E-state index in [1.165, 1.54) is 32.1 Å². The molecule has 3 atom stereocenters. The maximum Gasteiger partial charge on any atom is 0.226 e. The van der Waals surface area contributed by atoms with Crippen molar-refractivity contribution in [1.82, 2.24) is 9.80 Å². The molecule has 3 saturated carbocycles. The Labute approximate surface area is 191 Å². The Morgan fingerprint density at radius 2 is 1.71 bits per heavy atom. The lowest BCUT2D eigenvalue weighted by molar-refractivity contribution is -0.140. The Morgan fingerprint density at radius 3 is 2.42 bits per heavy atom. The molecular weight excluding hydrogens is 408 g/mol. The molecule has 0 N–H and O–H groups in total. The molecule has 31 heavy (non-hydrogen) atoms. The van der Waals surface area contributed by atoms with Crippen molar-refractivity contribution in [2.45, 2.75) is 70.9 Å². The summed E-state index contributed by atoms with van der Waals surface area (Å²) in [7, 11) is 0. The molecule has 1 heterocycles. The molecule has 4 fully saturated rings. The standard InChI is InChI=1S/C26H35ClN2O2/c1-17-15-28(12-13-29(17)26(31)18-6-2-3-7-18)16-20-9-4-8-19(25(20)27)14-23(30)24-21-10-5-11-22(21)24/h4,8-9,17-18,21-22,24H,2-3,5-7,10-16H2,1H3/t17-,21?,22?,24?/m0/s1. The van der Waals surface area contributed by atoms with Crippen molar-refractivity contribution in [3.63, 3.8) is 0 Å². The van der Waals surface area contributed by atoms with Gasteiger partial charge in [-0.25, -0.2) is 0 Å². The zero-order valence-electron chi connectivity index (χ0n) is 18.7. The van der Waals surface area contributed by atoms with Crippen LogP contribution in [0.5, 0.6) is 0 Å². The van der Waals surface area contributed by atoms with Crippen molar-refractivity contribution >= 4 is 23.3 Å². The molecule has 0 radical (unpaired) electrons. The highest BCUT2D eigenvalue weighted by molar-refractivity contribution is 6.32. The second-order valence-corrected chi connectivity index (χ2v) is 10.8. The molecule has 0 spiro atoms. The van der Waals surface area contributed by atoms with E-state index in [1.54, 1.807) is 0 Å². The van der Waals surface area contributed by atoms with Gasteiger partial charge in [0.05, 0.1) is 0 Å². The highest BCUT2D eigenvalue weighted by Gasteiger charge is 2.55. The van der Waals surface area contributed by atoms with Crippen molar-refractivity contribution in [3.8, 4) is 0 Å². The molecule has 0 bridgehead atoms. The van der Waals surface area contributed by atoms with E-state index in [2.05, 4.69) is 22.8 Å². The highest BCUT2D eigenvalue weighted by Crippen LogP contribution is 2.58. The van der Waals surface area contributed by atoms with Gasteiger partial charge < -0.3 is 4.90 Å². The number of fused-ring (bicyclic) bond motifs is 1. The van der Waals surface area contributed by atoms with Crippen LogP contribution in [-0.2, 0) is 22.6 Å². The van der Waals surface area contributed by atoms with Crippen LogP contribution in [0.2, 0.25) is 5.02 Å². The van der Waals surface area contributed by atoms with Crippen LogP contribution in [0, 0.1) is 23.7 Å². The number of carbonyl (C=O) groups is 2. The largest absolute Gasteiger partial charge is 0.337 e. The summed E-state index contributed by atoms with van der Waals surface area (Å²) in [5, 5.41) is 0.763. The van der Waals surface area contributed by atoms with Gasteiger partial charge in [-0.1, -0.05) is 49.1 Å². The fourth-order valence-electron chi connectivity index (χ4n) is 6.65. The quantitative estimate of drug-likeness (QED) is 0.640. The van der Waals surface area contributed by atoms with Crippen molar-refractivity contribution in [1.29, 1.82) is 0 Å². The summed E-state index contributed by atoms with van der Waals surface area (Å²) >= 11 is 6.78. The lowest BCUT2D eigenvalue weighted by atomic mass is 9.99. The monoisotopic (exact) mass is 442 g/mol. The van der Waals surface area contributed by atoms with Gasteiger partial charge in [0.1, 0.15) is 5.78 Å². The molecular formula is C26H35ClN2O2. The van der Waals surface area contributed by atoms with Gasteiger partial charge >= 0.3 is 0 Å². The van der Waals surface area contributed by atoms with Crippen molar-refractivity contribution in [3.05, 3.63) is 34.3 Å². The first-order valence-electron chi connectivity index (χ1n) is 12.3. The topological polar surface area (TPSA) is 40.6 Å². The van der Waals surface area contributed by atoms with Crippen molar-refractivity contribution in [2.75, 3.05) is 19.6 Å². The van der Waals surface area contributed by atoms with Crippen LogP contribution < -0.4 is 0 Å². The molecule has 1 amide bonds. The molecule has 1 aromatic carbocycles. The Bertz CT molecular complexity index is 840. The maximum absolute atomic E-state index is 12.9. The molecule has 4 nitrogen and oxygen atoms in total. The van der Waals surface area contributed by atoms with Gasteiger partial charge in [-0.3, -0.25) is 14.5 Å². The minimum atomic E-state index is 0.236. The Morgan fingerprint density at radius 1 is 1.00 bits per heavy atom. The molecule has 1 aromatic rings. The van der Waals surface area contributed by atoms with Gasteiger partial charge in [0.25, 0.3) is 0 Å². The number of Topliss-reactive ketones (excluding diaryl/α,β-unsaturated/α-hetero) is 1. The molecule has 3 aliphatic carbocycles. The average Bonchev–Trinajstić information content (AvgIpc) is 3.14. The Kier molecular flexibility index (Phi) is 6.13. The smallest absolute Gasteiger partial charge is 0.226 e. The molecule has 2 unspecified atom stereocenters. The van der Waals surface area contributed by atoms with Gasteiger partial charge in [0.15, 0.2) is 0 Å². The third-order valence-electron chi connectivity index (χ3n) is 8.39. The van der Waals surface area contributed by atoms with Gasteiger partial charge in [-0.05, 0) is 55.6 Å². The van der Waals surface area contributed by atoms with E-state index in [9.17, 15) is 9.59 Å². The maximum atomic E-state index is 12.9. The molecule has 1 saturated heterocycles. The minimum absolute atomic E-state index is 0.236. The molecule has 1 aliphatic heterocycles. The van der Waals surface area contributed by atoms with Crippen LogP contribution in [0.25, 0.3) is 0 Å². The van der Waals surface area contributed by atoms with E-state index in [0.717, 1.165) is 55.2 Å². The first kappa shape index (κ1) is 21.5. The predicted molar refractivity (Wildman–Crippen MR) is 123 cm³/mol.